The van der Waals surface area contributed by atoms with Crippen molar-refractivity contribution in [3.8, 4) is 11.5 Å². The number of amides is 1. The summed E-state index contributed by atoms with van der Waals surface area (Å²) in [5.74, 6) is 1.39. The number of hydrogen-bond donors (Lipinski definition) is 1. The average Bonchev–Trinajstić information content (AvgIpc) is 2.74. The van der Waals surface area contributed by atoms with E-state index in [2.05, 4.69) is 17.2 Å². The van der Waals surface area contributed by atoms with Crippen molar-refractivity contribution in [3.63, 3.8) is 0 Å². The van der Waals surface area contributed by atoms with Crippen LogP contribution in [-0.2, 0) is 0 Å². The van der Waals surface area contributed by atoms with Gasteiger partial charge in [-0.05, 0) is 42.8 Å². The molecule has 2 aromatic carbocycles. The monoisotopic (exact) mass is 375 g/mol. The number of unbranched alkanes of at least 4 members (excludes halogenated alkanes) is 1. The quantitative estimate of drug-likeness (QED) is 0.566. The average molecular weight is 375 g/mol. The van der Waals surface area contributed by atoms with Crippen LogP contribution in [0.15, 0.2) is 72.9 Å². The second-order valence-electron chi connectivity index (χ2n) is 6.55. The lowest BCUT2D eigenvalue weighted by Gasteiger charge is -2.17. The van der Waals surface area contributed by atoms with E-state index in [-0.39, 0.29) is 5.91 Å². The van der Waals surface area contributed by atoms with Crippen molar-refractivity contribution in [1.82, 2.24) is 9.88 Å². The minimum Gasteiger partial charge on any atom is -0.455 e. The summed E-state index contributed by atoms with van der Waals surface area (Å²) < 4.78 is 5.99. The third-order valence-electron chi connectivity index (χ3n) is 4.31. The molecular formula is C23H25N3O2. The van der Waals surface area contributed by atoms with Gasteiger partial charge in [0.2, 0.25) is 0 Å². The van der Waals surface area contributed by atoms with Crippen LogP contribution in [0.1, 0.15) is 30.3 Å². The zero-order valence-corrected chi connectivity index (χ0v) is 16.3. The Balaban J connectivity index is 1.77. The number of benzene rings is 2. The van der Waals surface area contributed by atoms with Gasteiger partial charge in [0, 0.05) is 25.5 Å². The summed E-state index contributed by atoms with van der Waals surface area (Å²) >= 11 is 0. The molecule has 0 saturated carbocycles. The van der Waals surface area contributed by atoms with Gasteiger partial charge >= 0.3 is 0 Å². The number of para-hydroxylation sites is 3. The maximum absolute atomic E-state index is 12.6. The Kier molecular flexibility index (Phi) is 6.63. The number of nitrogens with zero attached hydrogens (tertiary/aromatic N) is 2. The Bertz CT molecular complexity index is 912. The van der Waals surface area contributed by atoms with Crippen LogP contribution in [0.3, 0.4) is 0 Å². The molecule has 28 heavy (non-hydrogen) atoms. The molecule has 0 aliphatic heterocycles. The second-order valence-corrected chi connectivity index (χ2v) is 6.55. The third kappa shape index (κ3) is 5.10. The van der Waals surface area contributed by atoms with Gasteiger partial charge in [0.1, 0.15) is 11.4 Å². The second kappa shape index (κ2) is 9.55. The molecule has 3 rings (SSSR count). The Morgan fingerprint density at radius 1 is 1.07 bits per heavy atom. The van der Waals surface area contributed by atoms with E-state index in [1.165, 1.54) is 0 Å². The van der Waals surface area contributed by atoms with Gasteiger partial charge in [-0.25, -0.2) is 0 Å². The molecular weight excluding hydrogens is 350 g/mol. The van der Waals surface area contributed by atoms with Gasteiger partial charge in [-0.1, -0.05) is 43.7 Å². The Morgan fingerprint density at radius 2 is 1.82 bits per heavy atom. The molecule has 0 fully saturated rings. The fraction of sp³-hybridized carbons (Fsp3) is 0.217. The van der Waals surface area contributed by atoms with E-state index in [0.29, 0.717) is 11.4 Å². The molecule has 0 atom stereocenters. The minimum absolute atomic E-state index is 0.0779. The van der Waals surface area contributed by atoms with Crippen molar-refractivity contribution in [3.05, 3.63) is 78.6 Å². The molecule has 0 radical (unpaired) electrons. The van der Waals surface area contributed by atoms with E-state index in [4.69, 9.17) is 4.74 Å². The predicted molar refractivity (Wildman–Crippen MR) is 112 cm³/mol. The molecule has 1 N–H and O–H groups in total. The maximum atomic E-state index is 12.6. The number of pyridine rings is 1. The van der Waals surface area contributed by atoms with Gasteiger partial charge in [0.15, 0.2) is 5.75 Å². The van der Waals surface area contributed by atoms with Crippen LogP contribution in [0.5, 0.6) is 11.5 Å². The number of carbonyl (C=O) groups excluding carboxylic acids is 1. The molecule has 0 bridgehead atoms. The highest BCUT2D eigenvalue weighted by molar-refractivity contribution is 5.93. The Hall–Kier alpha value is -3.34. The van der Waals surface area contributed by atoms with Crippen LogP contribution in [0, 0.1) is 0 Å². The largest absolute Gasteiger partial charge is 0.455 e. The molecule has 0 aliphatic rings. The van der Waals surface area contributed by atoms with Crippen LogP contribution >= 0.6 is 0 Å². The number of rotatable bonds is 8. The fourth-order valence-electron chi connectivity index (χ4n) is 2.75. The standard InChI is InChI=1S/C23H25N3O2/c1-3-4-16-26(2)23(27)21-17-18(14-15-24-21)25-20-12-8-9-13-22(20)28-19-10-6-5-7-11-19/h5-15,17H,3-4,16H2,1-2H3,(H,24,25). The van der Waals surface area contributed by atoms with Gasteiger partial charge in [0.05, 0.1) is 5.69 Å². The predicted octanol–water partition coefficient (Wildman–Crippen LogP) is 5.49. The SMILES string of the molecule is CCCCN(C)C(=O)c1cc(Nc2ccccc2Oc2ccccc2)ccn1. The lowest BCUT2D eigenvalue weighted by Crippen LogP contribution is -2.28. The lowest BCUT2D eigenvalue weighted by molar-refractivity contribution is 0.0787. The van der Waals surface area contributed by atoms with E-state index >= 15 is 0 Å². The smallest absolute Gasteiger partial charge is 0.272 e. The van der Waals surface area contributed by atoms with Crippen molar-refractivity contribution in [1.29, 1.82) is 0 Å². The summed E-state index contributed by atoms with van der Waals surface area (Å²) in [4.78, 5) is 18.5. The maximum Gasteiger partial charge on any atom is 0.272 e. The van der Waals surface area contributed by atoms with Crippen LogP contribution in [0.2, 0.25) is 0 Å². The van der Waals surface area contributed by atoms with Gasteiger partial charge in [0.25, 0.3) is 5.91 Å². The van der Waals surface area contributed by atoms with E-state index < -0.39 is 0 Å². The summed E-state index contributed by atoms with van der Waals surface area (Å²) in [5.41, 5.74) is 2.02. The minimum atomic E-state index is -0.0779. The summed E-state index contributed by atoms with van der Waals surface area (Å²) in [6, 6.07) is 20.9. The van der Waals surface area contributed by atoms with Crippen molar-refractivity contribution in [2.45, 2.75) is 19.8 Å². The highest BCUT2D eigenvalue weighted by Gasteiger charge is 2.13. The first-order valence-corrected chi connectivity index (χ1v) is 9.48. The summed E-state index contributed by atoms with van der Waals surface area (Å²) in [6.45, 7) is 2.83. The van der Waals surface area contributed by atoms with Crippen molar-refractivity contribution in [2.24, 2.45) is 0 Å². The fourth-order valence-corrected chi connectivity index (χ4v) is 2.75. The number of hydrogen-bond acceptors (Lipinski definition) is 4. The summed E-state index contributed by atoms with van der Waals surface area (Å²) in [6.07, 6.45) is 3.67. The van der Waals surface area contributed by atoms with Gasteiger partial charge in [-0.2, -0.15) is 0 Å². The van der Waals surface area contributed by atoms with E-state index in [0.717, 1.165) is 36.5 Å². The first kappa shape index (κ1) is 19.4. The summed E-state index contributed by atoms with van der Waals surface area (Å²) in [5, 5.41) is 3.33. The van der Waals surface area contributed by atoms with Crippen molar-refractivity contribution < 1.29 is 9.53 Å². The molecule has 5 nitrogen and oxygen atoms in total. The van der Waals surface area contributed by atoms with E-state index in [1.807, 2.05) is 67.7 Å². The normalized spacial score (nSPS) is 10.4. The first-order valence-electron chi connectivity index (χ1n) is 9.48. The van der Waals surface area contributed by atoms with E-state index in [9.17, 15) is 4.79 Å². The van der Waals surface area contributed by atoms with Gasteiger partial charge in [-0.3, -0.25) is 9.78 Å². The van der Waals surface area contributed by atoms with Crippen molar-refractivity contribution in [2.75, 3.05) is 18.9 Å². The number of aromatic nitrogens is 1. The molecule has 144 valence electrons. The molecule has 1 heterocycles. The highest BCUT2D eigenvalue weighted by Crippen LogP contribution is 2.31. The number of anilines is 2. The Labute approximate surface area is 166 Å². The zero-order chi connectivity index (χ0) is 19.8. The van der Waals surface area contributed by atoms with Crippen LogP contribution < -0.4 is 10.1 Å². The molecule has 3 aromatic rings. The van der Waals surface area contributed by atoms with Gasteiger partial charge in [-0.15, -0.1) is 0 Å². The zero-order valence-electron chi connectivity index (χ0n) is 16.3. The Morgan fingerprint density at radius 3 is 2.61 bits per heavy atom. The molecule has 0 saturated heterocycles. The molecule has 5 heteroatoms. The van der Waals surface area contributed by atoms with Crippen LogP contribution in [0.25, 0.3) is 0 Å². The summed E-state index contributed by atoms with van der Waals surface area (Å²) in [7, 11) is 1.81. The van der Waals surface area contributed by atoms with E-state index in [1.54, 1.807) is 17.2 Å². The molecule has 1 amide bonds. The number of ether oxygens (including phenoxy) is 1. The highest BCUT2D eigenvalue weighted by atomic mass is 16.5. The molecule has 1 aromatic heterocycles. The molecule has 0 unspecified atom stereocenters. The number of nitrogens with one attached hydrogen (secondary N) is 1. The van der Waals surface area contributed by atoms with Gasteiger partial charge < -0.3 is 15.0 Å². The van der Waals surface area contributed by atoms with Crippen LogP contribution in [-0.4, -0.2) is 29.4 Å². The van der Waals surface area contributed by atoms with Crippen molar-refractivity contribution >= 4 is 17.3 Å². The third-order valence-corrected chi connectivity index (χ3v) is 4.31. The van der Waals surface area contributed by atoms with Crippen LogP contribution in [0.4, 0.5) is 11.4 Å². The number of carbonyl (C=O) groups is 1. The lowest BCUT2D eigenvalue weighted by atomic mass is 10.2. The topological polar surface area (TPSA) is 54.5 Å². The molecule has 0 spiro atoms. The molecule has 0 aliphatic carbocycles. The first-order chi connectivity index (χ1) is 13.7.